The molecule has 100 valence electrons. The van der Waals surface area contributed by atoms with Gasteiger partial charge in [0.15, 0.2) is 0 Å². The van der Waals surface area contributed by atoms with Crippen molar-refractivity contribution in [3.63, 3.8) is 0 Å². The number of halogens is 4. The first-order valence-electron chi connectivity index (χ1n) is 5.54. The number of aliphatic hydroxyl groups excluding tert-OH is 1. The Kier molecular flexibility index (Phi) is 4.40. The molecular weight excluding hydrogens is 293 g/mol. The molecule has 0 heterocycles. The molecule has 0 radical (unpaired) electrons. The smallest absolute Gasteiger partial charge is 0.142 e. The van der Waals surface area contributed by atoms with E-state index in [0.29, 0.717) is 11.1 Å². The maximum absolute atomic E-state index is 13.3. The van der Waals surface area contributed by atoms with Crippen LogP contribution in [0.25, 0.3) is 0 Å². The van der Waals surface area contributed by atoms with Crippen LogP contribution in [-0.2, 0) is 6.42 Å². The van der Waals surface area contributed by atoms with E-state index in [1.54, 1.807) is 6.07 Å². The average Bonchev–Trinajstić information content (AvgIpc) is 2.33. The predicted molar refractivity (Wildman–Crippen MR) is 71.5 cm³/mol. The van der Waals surface area contributed by atoms with Gasteiger partial charge in [0.25, 0.3) is 0 Å². The van der Waals surface area contributed by atoms with Gasteiger partial charge < -0.3 is 5.11 Å². The van der Waals surface area contributed by atoms with E-state index in [1.165, 1.54) is 24.3 Å². The van der Waals surface area contributed by atoms with Crippen molar-refractivity contribution in [3.8, 4) is 0 Å². The van der Waals surface area contributed by atoms with E-state index in [2.05, 4.69) is 0 Å². The highest BCUT2D eigenvalue weighted by atomic mass is 35.5. The molecule has 5 heteroatoms. The van der Waals surface area contributed by atoms with Crippen molar-refractivity contribution in [3.05, 3.63) is 69.2 Å². The van der Waals surface area contributed by atoms with E-state index in [0.717, 1.165) is 6.07 Å². The van der Waals surface area contributed by atoms with Crippen molar-refractivity contribution >= 4 is 23.2 Å². The Hall–Kier alpha value is -1.16. The minimum atomic E-state index is -0.936. The SMILES string of the molecule is OC(Cc1ccc(Cl)c(F)c1)c1ccc(F)cc1Cl. The molecule has 1 N–H and O–H groups in total. The van der Waals surface area contributed by atoms with Gasteiger partial charge in [-0.05, 0) is 35.4 Å². The summed E-state index contributed by atoms with van der Waals surface area (Å²) in [5.74, 6) is -1.02. The lowest BCUT2D eigenvalue weighted by Gasteiger charge is -2.13. The zero-order chi connectivity index (χ0) is 14.0. The summed E-state index contributed by atoms with van der Waals surface area (Å²) in [6.45, 7) is 0. The molecule has 1 unspecified atom stereocenters. The Morgan fingerprint density at radius 3 is 2.37 bits per heavy atom. The fourth-order valence-electron chi connectivity index (χ4n) is 1.77. The summed E-state index contributed by atoms with van der Waals surface area (Å²) in [4.78, 5) is 0. The Bertz CT molecular complexity index is 602. The first kappa shape index (κ1) is 14.3. The second-order valence-corrected chi connectivity index (χ2v) is 4.95. The van der Waals surface area contributed by atoms with E-state index in [-0.39, 0.29) is 16.5 Å². The van der Waals surface area contributed by atoms with Gasteiger partial charge in [0.2, 0.25) is 0 Å². The number of hydrogen-bond donors (Lipinski definition) is 1. The molecule has 0 aromatic heterocycles. The van der Waals surface area contributed by atoms with Crippen molar-refractivity contribution in [1.82, 2.24) is 0 Å². The van der Waals surface area contributed by atoms with Gasteiger partial charge in [0.05, 0.1) is 11.1 Å². The summed E-state index contributed by atoms with van der Waals surface area (Å²) in [7, 11) is 0. The van der Waals surface area contributed by atoms with Crippen LogP contribution in [-0.4, -0.2) is 5.11 Å². The Morgan fingerprint density at radius 2 is 1.74 bits per heavy atom. The second kappa shape index (κ2) is 5.87. The summed E-state index contributed by atoms with van der Waals surface area (Å²) in [6, 6.07) is 8.05. The normalized spacial score (nSPS) is 12.5. The molecule has 1 atom stereocenters. The average molecular weight is 303 g/mol. The third-order valence-electron chi connectivity index (χ3n) is 2.73. The zero-order valence-corrected chi connectivity index (χ0v) is 11.2. The maximum atomic E-state index is 13.3. The topological polar surface area (TPSA) is 20.2 Å². The van der Waals surface area contributed by atoms with Gasteiger partial charge in [-0.25, -0.2) is 8.78 Å². The number of hydrogen-bond acceptors (Lipinski definition) is 1. The highest BCUT2D eigenvalue weighted by Crippen LogP contribution is 2.27. The molecule has 0 saturated carbocycles. The molecule has 0 spiro atoms. The molecule has 2 aromatic carbocycles. The van der Waals surface area contributed by atoms with Gasteiger partial charge in [-0.1, -0.05) is 35.3 Å². The summed E-state index contributed by atoms with van der Waals surface area (Å²) in [5, 5.41) is 10.2. The largest absolute Gasteiger partial charge is 0.388 e. The van der Waals surface area contributed by atoms with Crippen LogP contribution in [0, 0.1) is 11.6 Å². The van der Waals surface area contributed by atoms with Crippen LogP contribution in [0.1, 0.15) is 17.2 Å². The number of benzene rings is 2. The van der Waals surface area contributed by atoms with Crippen molar-refractivity contribution in [2.24, 2.45) is 0 Å². The first-order chi connectivity index (χ1) is 8.97. The van der Waals surface area contributed by atoms with E-state index in [4.69, 9.17) is 23.2 Å². The third-order valence-corrected chi connectivity index (χ3v) is 3.37. The molecule has 1 nitrogen and oxygen atoms in total. The third kappa shape index (κ3) is 3.44. The molecule has 0 saturated heterocycles. The van der Waals surface area contributed by atoms with E-state index in [1.807, 2.05) is 0 Å². The number of aliphatic hydroxyl groups is 1. The van der Waals surface area contributed by atoms with Crippen LogP contribution in [0.4, 0.5) is 8.78 Å². The number of rotatable bonds is 3. The Balaban J connectivity index is 2.20. The molecule has 0 fully saturated rings. The molecule has 0 amide bonds. The summed E-state index contributed by atoms with van der Waals surface area (Å²) in [5.41, 5.74) is 0.980. The molecule has 0 aliphatic carbocycles. The molecule has 2 aromatic rings. The highest BCUT2D eigenvalue weighted by Gasteiger charge is 2.14. The molecule has 19 heavy (non-hydrogen) atoms. The standard InChI is InChI=1S/C14H10Cl2F2O/c15-11-4-1-8(5-13(11)18)6-14(19)10-3-2-9(17)7-12(10)16/h1-5,7,14,19H,6H2. The fraction of sp³-hybridized carbons (Fsp3) is 0.143. The van der Waals surface area contributed by atoms with Crippen LogP contribution in [0.5, 0.6) is 0 Å². The Labute approximate surface area is 119 Å². The second-order valence-electron chi connectivity index (χ2n) is 4.13. The van der Waals surface area contributed by atoms with Crippen LogP contribution in [0.15, 0.2) is 36.4 Å². The lowest BCUT2D eigenvalue weighted by Crippen LogP contribution is -2.03. The Morgan fingerprint density at radius 1 is 1.00 bits per heavy atom. The van der Waals surface area contributed by atoms with E-state index in [9.17, 15) is 13.9 Å². The van der Waals surface area contributed by atoms with E-state index < -0.39 is 17.7 Å². The molecular formula is C14H10Cl2F2O. The van der Waals surface area contributed by atoms with Gasteiger partial charge in [-0.3, -0.25) is 0 Å². The zero-order valence-electron chi connectivity index (χ0n) is 9.71. The highest BCUT2D eigenvalue weighted by molar-refractivity contribution is 6.31. The fourth-order valence-corrected chi connectivity index (χ4v) is 2.18. The van der Waals surface area contributed by atoms with E-state index >= 15 is 0 Å². The van der Waals surface area contributed by atoms with Gasteiger partial charge in [0.1, 0.15) is 11.6 Å². The molecule has 0 aliphatic heterocycles. The monoisotopic (exact) mass is 302 g/mol. The molecule has 2 rings (SSSR count). The minimum Gasteiger partial charge on any atom is -0.388 e. The predicted octanol–water partition coefficient (Wildman–Crippen LogP) is 4.55. The maximum Gasteiger partial charge on any atom is 0.142 e. The van der Waals surface area contributed by atoms with Gasteiger partial charge in [0, 0.05) is 11.4 Å². The molecule has 0 bridgehead atoms. The van der Waals surface area contributed by atoms with Crippen molar-refractivity contribution in [2.45, 2.75) is 12.5 Å². The lowest BCUT2D eigenvalue weighted by molar-refractivity contribution is 0.178. The minimum absolute atomic E-state index is 0.0260. The van der Waals surface area contributed by atoms with Crippen molar-refractivity contribution in [2.75, 3.05) is 0 Å². The quantitative estimate of drug-likeness (QED) is 0.882. The van der Waals surface area contributed by atoms with Crippen LogP contribution in [0.2, 0.25) is 10.0 Å². The summed E-state index contributed by atoms with van der Waals surface area (Å²) >= 11 is 11.4. The molecule has 0 aliphatic rings. The van der Waals surface area contributed by atoms with Crippen LogP contribution in [0.3, 0.4) is 0 Å². The lowest BCUT2D eigenvalue weighted by atomic mass is 10.0. The van der Waals surface area contributed by atoms with Crippen molar-refractivity contribution in [1.29, 1.82) is 0 Å². The van der Waals surface area contributed by atoms with Crippen molar-refractivity contribution < 1.29 is 13.9 Å². The summed E-state index contributed by atoms with van der Waals surface area (Å²) in [6.07, 6.45) is -0.770. The van der Waals surface area contributed by atoms with Gasteiger partial charge in [-0.15, -0.1) is 0 Å². The summed E-state index contributed by atoms with van der Waals surface area (Å²) < 4.78 is 26.2. The van der Waals surface area contributed by atoms with Crippen LogP contribution >= 0.6 is 23.2 Å². The van der Waals surface area contributed by atoms with Gasteiger partial charge >= 0.3 is 0 Å². The first-order valence-corrected chi connectivity index (χ1v) is 6.30. The van der Waals surface area contributed by atoms with Gasteiger partial charge in [-0.2, -0.15) is 0 Å². The van der Waals surface area contributed by atoms with Crippen LogP contribution < -0.4 is 0 Å².